The largest absolute Gasteiger partial charge is 0.368 e. The molecule has 24 heavy (non-hydrogen) atoms. The number of hydrogen-bond donors (Lipinski definition) is 1. The normalized spacial score (nSPS) is 16.1. The number of piperazine rings is 1. The summed E-state index contributed by atoms with van der Waals surface area (Å²) in [5.74, 6) is 0. The molecule has 3 nitrogen and oxygen atoms in total. The lowest BCUT2D eigenvalue weighted by molar-refractivity contribution is 0.258. The quantitative estimate of drug-likeness (QED) is 0.687. The molecule has 2 heterocycles. The Balaban J connectivity index is 1.38. The summed E-state index contributed by atoms with van der Waals surface area (Å²) in [6, 6.07) is 8.93. The molecule has 0 aliphatic carbocycles. The molecule has 4 heteroatoms. The van der Waals surface area contributed by atoms with E-state index in [1.807, 2.05) is 11.3 Å². The lowest BCUT2D eigenvalue weighted by Crippen LogP contribution is -2.48. The number of nitrogens with zero attached hydrogens (tertiary/aromatic N) is 2. The summed E-state index contributed by atoms with van der Waals surface area (Å²) < 4.78 is 1.44. The van der Waals surface area contributed by atoms with E-state index >= 15 is 0 Å². The van der Waals surface area contributed by atoms with E-state index in [1.54, 1.807) is 0 Å². The van der Waals surface area contributed by atoms with Crippen LogP contribution in [0.3, 0.4) is 0 Å². The van der Waals surface area contributed by atoms with Gasteiger partial charge in [-0.15, -0.1) is 11.3 Å². The summed E-state index contributed by atoms with van der Waals surface area (Å²) >= 11 is 1.87. The molecule has 3 rings (SSSR count). The van der Waals surface area contributed by atoms with Crippen LogP contribution < -0.4 is 10.2 Å². The molecule has 0 atom stereocenters. The van der Waals surface area contributed by atoms with Gasteiger partial charge in [-0.2, -0.15) is 0 Å². The highest BCUT2D eigenvalue weighted by atomic mass is 32.1. The van der Waals surface area contributed by atoms with E-state index in [0.29, 0.717) is 0 Å². The second kappa shape index (κ2) is 9.40. The van der Waals surface area contributed by atoms with Gasteiger partial charge in [-0.3, -0.25) is 4.90 Å². The average Bonchev–Trinajstić information content (AvgIpc) is 3.10. The number of fused-ring (bicyclic) bond motifs is 1. The summed E-state index contributed by atoms with van der Waals surface area (Å²) in [5.41, 5.74) is 1.43. The van der Waals surface area contributed by atoms with Gasteiger partial charge in [0.1, 0.15) is 0 Å². The van der Waals surface area contributed by atoms with E-state index < -0.39 is 0 Å². The van der Waals surface area contributed by atoms with Gasteiger partial charge in [-0.1, -0.05) is 38.3 Å². The van der Waals surface area contributed by atoms with E-state index in [4.69, 9.17) is 0 Å². The molecule has 1 aromatic carbocycles. The van der Waals surface area contributed by atoms with Crippen molar-refractivity contribution in [2.75, 3.05) is 50.7 Å². The van der Waals surface area contributed by atoms with Gasteiger partial charge in [0.15, 0.2) is 0 Å². The Morgan fingerprint density at radius 1 is 1.00 bits per heavy atom. The van der Waals surface area contributed by atoms with E-state index in [2.05, 4.69) is 51.7 Å². The lowest BCUT2D eigenvalue weighted by Gasteiger charge is -2.36. The molecule has 2 aromatic rings. The summed E-state index contributed by atoms with van der Waals surface area (Å²) in [5, 5.41) is 7.19. The summed E-state index contributed by atoms with van der Waals surface area (Å²) in [6.07, 6.45) is 5.40. The number of hydrogen-bond acceptors (Lipinski definition) is 4. The number of benzene rings is 1. The van der Waals surface area contributed by atoms with E-state index in [-0.39, 0.29) is 0 Å². The minimum absolute atomic E-state index is 1.13. The fourth-order valence-corrected chi connectivity index (χ4v) is 4.42. The van der Waals surface area contributed by atoms with Crippen LogP contribution in [0.25, 0.3) is 10.1 Å². The zero-order valence-electron chi connectivity index (χ0n) is 15.0. The van der Waals surface area contributed by atoms with Crippen molar-refractivity contribution in [1.82, 2.24) is 10.2 Å². The van der Waals surface area contributed by atoms with Crippen LogP contribution in [0.4, 0.5) is 5.69 Å². The van der Waals surface area contributed by atoms with E-state index in [0.717, 1.165) is 19.6 Å². The third kappa shape index (κ3) is 4.71. The predicted octanol–water partition coefficient (Wildman–Crippen LogP) is 4.19. The van der Waals surface area contributed by atoms with Crippen molar-refractivity contribution in [3.8, 4) is 0 Å². The van der Waals surface area contributed by atoms with Crippen molar-refractivity contribution in [3.63, 3.8) is 0 Å². The molecule has 1 N–H and O–H groups in total. The molecule has 0 bridgehead atoms. The maximum atomic E-state index is 3.60. The Kier molecular flexibility index (Phi) is 6.94. The topological polar surface area (TPSA) is 18.5 Å². The van der Waals surface area contributed by atoms with Gasteiger partial charge in [0.2, 0.25) is 0 Å². The lowest BCUT2D eigenvalue weighted by atomic mass is 10.2. The van der Waals surface area contributed by atoms with Gasteiger partial charge in [0, 0.05) is 39.3 Å². The zero-order valence-corrected chi connectivity index (χ0v) is 15.8. The first-order valence-electron chi connectivity index (χ1n) is 9.52. The van der Waals surface area contributed by atoms with Crippen LogP contribution >= 0.6 is 11.3 Å². The van der Waals surface area contributed by atoms with Crippen molar-refractivity contribution in [2.45, 2.75) is 32.6 Å². The Hall–Kier alpha value is -1.10. The fraction of sp³-hybridized carbons (Fsp3) is 0.600. The molecule has 0 saturated carbocycles. The molecule has 0 unspecified atom stereocenters. The van der Waals surface area contributed by atoms with E-state index in [9.17, 15) is 0 Å². The Morgan fingerprint density at radius 2 is 1.88 bits per heavy atom. The molecule has 132 valence electrons. The van der Waals surface area contributed by atoms with Crippen molar-refractivity contribution < 1.29 is 0 Å². The number of nitrogens with one attached hydrogen (secondary N) is 1. The van der Waals surface area contributed by atoms with Gasteiger partial charge < -0.3 is 10.2 Å². The molecule has 0 radical (unpaired) electrons. The van der Waals surface area contributed by atoms with Crippen molar-refractivity contribution in [3.05, 3.63) is 29.6 Å². The van der Waals surface area contributed by atoms with Crippen molar-refractivity contribution in [1.29, 1.82) is 0 Å². The van der Waals surface area contributed by atoms with Crippen LogP contribution in [-0.4, -0.2) is 50.7 Å². The standard InChI is InChI=1S/C20H31N3S/c1-2-3-4-5-10-21-11-12-22-13-15-23(16-14-22)19-8-6-7-18-9-17-24-20(18)19/h6-9,17,21H,2-5,10-16H2,1H3. The highest BCUT2D eigenvalue weighted by Gasteiger charge is 2.18. The summed E-state index contributed by atoms with van der Waals surface area (Å²) in [4.78, 5) is 5.16. The highest BCUT2D eigenvalue weighted by Crippen LogP contribution is 2.31. The molecular weight excluding hydrogens is 314 g/mol. The molecule has 0 amide bonds. The minimum Gasteiger partial charge on any atom is -0.368 e. The fourth-order valence-electron chi connectivity index (χ4n) is 3.48. The zero-order chi connectivity index (χ0) is 16.6. The smallest absolute Gasteiger partial charge is 0.0576 e. The molecular formula is C20H31N3S. The first kappa shape index (κ1) is 17.7. The predicted molar refractivity (Wildman–Crippen MR) is 107 cm³/mol. The average molecular weight is 346 g/mol. The maximum absolute atomic E-state index is 3.60. The van der Waals surface area contributed by atoms with Crippen LogP contribution in [0.15, 0.2) is 29.6 Å². The third-order valence-electron chi connectivity index (χ3n) is 4.98. The van der Waals surface area contributed by atoms with Gasteiger partial charge in [-0.05, 0) is 35.9 Å². The number of unbranched alkanes of at least 4 members (excludes halogenated alkanes) is 3. The van der Waals surface area contributed by atoms with Gasteiger partial charge >= 0.3 is 0 Å². The number of thiophene rings is 1. The summed E-state index contributed by atoms with van der Waals surface area (Å²) in [7, 11) is 0. The highest BCUT2D eigenvalue weighted by molar-refractivity contribution is 7.17. The summed E-state index contributed by atoms with van der Waals surface area (Å²) in [6.45, 7) is 10.4. The third-order valence-corrected chi connectivity index (χ3v) is 5.94. The molecule has 1 aliphatic rings. The van der Waals surface area contributed by atoms with Crippen LogP contribution in [0, 0.1) is 0 Å². The molecule has 1 aliphatic heterocycles. The van der Waals surface area contributed by atoms with Crippen LogP contribution in [0.5, 0.6) is 0 Å². The second-order valence-corrected chi connectivity index (χ2v) is 7.67. The number of anilines is 1. The minimum atomic E-state index is 1.13. The van der Waals surface area contributed by atoms with Crippen LogP contribution in [0.1, 0.15) is 32.6 Å². The van der Waals surface area contributed by atoms with Gasteiger partial charge in [-0.25, -0.2) is 0 Å². The molecule has 1 saturated heterocycles. The first-order chi connectivity index (χ1) is 11.9. The SMILES string of the molecule is CCCCCCNCCN1CCN(c2cccc3ccsc23)CC1. The van der Waals surface area contributed by atoms with Crippen molar-refractivity contribution >= 4 is 27.1 Å². The number of rotatable bonds is 9. The molecule has 1 fully saturated rings. The van der Waals surface area contributed by atoms with Crippen LogP contribution in [0.2, 0.25) is 0 Å². The van der Waals surface area contributed by atoms with Gasteiger partial charge in [0.05, 0.1) is 10.4 Å². The monoisotopic (exact) mass is 345 g/mol. The van der Waals surface area contributed by atoms with Crippen molar-refractivity contribution in [2.24, 2.45) is 0 Å². The van der Waals surface area contributed by atoms with Gasteiger partial charge in [0.25, 0.3) is 0 Å². The first-order valence-corrected chi connectivity index (χ1v) is 10.4. The molecule has 0 spiro atoms. The Bertz CT molecular complexity index is 602. The molecule has 1 aromatic heterocycles. The maximum Gasteiger partial charge on any atom is 0.0576 e. The second-order valence-electron chi connectivity index (χ2n) is 6.76. The van der Waals surface area contributed by atoms with E-state index in [1.165, 1.54) is 67.6 Å². The Labute approximate surface area is 150 Å². The Morgan fingerprint density at radius 3 is 2.71 bits per heavy atom. The van der Waals surface area contributed by atoms with Crippen LogP contribution in [-0.2, 0) is 0 Å².